The van der Waals surface area contributed by atoms with Gasteiger partial charge < -0.3 is 10.1 Å². The largest absolute Gasteiger partial charge is 0.493 e. The number of hydrogen-bond donors (Lipinski definition) is 2. The lowest BCUT2D eigenvalue weighted by Crippen LogP contribution is -2.38. The van der Waals surface area contributed by atoms with E-state index < -0.39 is 0 Å². The van der Waals surface area contributed by atoms with Crippen molar-refractivity contribution >= 4 is 46.4 Å². The molecule has 0 aliphatic heterocycles. The van der Waals surface area contributed by atoms with Gasteiger partial charge in [0.2, 0.25) is 0 Å². The van der Waals surface area contributed by atoms with E-state index in [9.17, 15) is 4.79 Å². The van der Waals surface area contributed by atoms with E-state index >= 15 is 0 Å². The molecule has 0 fully saturated rings. The summed E-state index contributed by atoms with van der Waals surface area (Å²) in [6.07, 6.45) is 0. The van der Waals surface area contributed by atoms with Gasteiger partial charge in [-0.05, 0) is 60.1 Å². The number of thiocarbonyl (C=S) groups is 1. The van der Waals surface area contributed by atoms with E-state index in [1.807, 2.05) is 0 Å². The smallest absolute Gasteiger partial charge is 0.257 e. The molecule has 0 aromatic heterocycles. The second-order valence-electron chi connectivity index (χ2n) is 6.10. The van der Waals surface area contributed by atoms with Crippen molar-refractivity contribution in [2.45, 2.75) is 20.4 Å². The molecule has 1 amide bonds. The third kappa shape index (κ3) is 6.48. The predicted octanol–water partition coefficient (Wildman–Crippen LogP) is 4.83. The fourth-order valence-corrected chi connectivity index (χ4v) is 2.67. The average Bonchev–Trinajstić information content (AvgIpc) is 2.59. The molecule has 0 aliphatic carbocycles. The quantitative estimate of drug-likeness (QED) is 0.669. The minimum Gasteiger partial charge on any atom is -0.493 e. The zero-order valence-corrected chi connectivity index (χ0v) is 16.8. The van der Waals surface area contributed by atoms with Gasteiger partial charge in [-0.25, -0.2) is 0 Å². The van der Waals surface area contributed by atoms with Crippen LogP contribution < -0.4 is 15.4 Å². The van der Waals surface area contributed by atoms with E-state index in [1.165, 1.54) is 0 Å². The molecule has 2 N–H and O–H groups in total. The van der Waals surface area contributed by atoms with Crippen molar-refractivity contribution in [3.63, 3.8) is 0 Å². The van der Waals surface area contributed by atoms with Crippen molar-refractivity contribution in [1.82, 2.24) is 10.6 Å². The van der Waals surface area contributed by atoms with Crippen LogP contribution in [-0.4, -0.2) is 17.6 Å². The molecule has 0 aliphatic rings. The van der Waals surface area contributed by atoms with Gasteiger partial charge in [0.15, 0.2) is 5.11 Å². The molecule has 26 heavy (non-hydrogen) atoms. The highest BCUT2D eigenvalue weighted by Crippen LogP contribution is 2.20. The summed E-state index contributed by atoms with van der Waals surface area (Å²) < 4.78 is 5.60. The lowest BCUT2D eigenvalue weighted by molar-refractivity contribution is 0.0976. The Morgan fingerprint density at radius 1 is 1.15 bits per heavy atom. The first-order valence-electron chi connectivity index (χ1n) is 8.11. The van der Waals surface area contributed by atoms with Crippen LogP contribution in [0.15, 0.2) is 42.5 Å². The minimum absolute atomic E-state index is 0.223. The number of amides is 1. The van der Waals surface area contributed by atoms with Gasteiger partial charge in [-0.1, -0.05) is 43.1 Å². The Labute approximate surface area is 168 Å². The van der Waals surface area contributed by atoms with Gasteiger partial charge >= 0.3 is 0 Å². The first kappa shape index (κ1) is 20.5. The van der Waals surface area contributed by atoms with Crippen molar-refractivity contribution in [3.05, 3.63) is 63.6 Å². The maximum atomic E-state index is 12.2. The molecular formula is C19H20Cl2N2O2S. The molecule has 2 rings (SSSR count). The highest BCUT2D eigenvalue weighted by Gasteiger charge is 2.09. The molecular weight excluding hydrogens is 391 g/mol. The van der Waals surface area contributed by atoms with Crippen LogP contribution in [0.25, 0.3) is 0 Å². The molecule has 0 saturated carbocycles. The van der Waals surface area contributed by atoms with Crippen LogP contribution in [0, 0.1) is 5.92 Å². The van der Waals surface area contributed by atoms with Crippen LogP contribution in [0.3, 0.4) is 0 Å². The lowest BCUT2D eigenvalue weighted by Gasteiger charge is -2.12. The average molecular weight is 411 g/mol. The van der Waals surface area contributed by atoms with Crippen LogP contribution in [0.4, 0.5) is 0 Å². The fourth-order valence-electron chi connectivity index (χ4n) is 2.03. The first-order valence-corrected chi connectivity index (χ1v) is 9.27. The number of nitrogens with one attached hydrogen (secondary N) is 2. The highest BCUT2D eigenvalue weighted by molar-refractivity contribution is 7.80. The Bertz CT molecular complexity index is 780. The van der Waals surface area contributed by atoms with Crippen LogP contribution in [0.5, 0.6) is 5.75 Å². The van der Waals surface area contributed by atoms with Crippen molar-refractivity contribution < 1.29 is 9.53 Å². The van der Waals surface area contributed by atoms with Crippen LogP contribution in [-0.2, 0) is 6.54 Å². The van der Waals surface area contributed by atoms with Gasteiger partial charge in [-0.15, -0.1) is 0 Å². The molecule has 0 spiro atoms. The normalized spacial score (nSPS) is 10.5. The number of carbonyl (C=O) groups is 1. The molecule has 0 radical (unpaired) electrons. The Morgan fingerprint density at radius 3 is 2.46 bits per heavy atom. The second-order valence-corrected chi connectivity index (χ2v) is 7.35. The molecule has 7 heteroatoms. The topological polar surface area (TPSA) is 50.4 Å². The Balaban J connectivity index is 1.85. The molecule has 0 bridgehead atoms. The minimum atomic E-state index is -0.292. The number of carbonyl (C=O) groups excluding carboxylic acids is 1. The SMILES string of the molecule is CC(C)COc1ccc(C(=O)NC(=S)NCc2ccc(Cl)cc2Cl)cc1. The molecule has 138 valence electrons. The predicted molar refractivity (Wildman–Crippen MR) is 110 cm³/mol. The van der Waals surface area contributed by atoms with Gasteiger partial charge in [0.1, 0.15) is 5.75 Å². The number of rotatable bonds is 6. The van der Waals surface area contributed by atoms with Gasteiger partial charge in [0, 0.05) is 22.2 Å². The fraction of sp³-hybridized carbons (Fsp3) is 0.263. The molecule has 0 atom stereocenters. The monoisotopic (exact) mass is 410 g/mol. The summed E-state index contributed by atoms with van der Waals surface area (Å²) in [6, 6.07) is 12.1. The molecule has 2 aromatic carbocycles. The third-order valence-corrected chi connectivity index (χ3v) is 4.21. The summed E-state index contributed by atoms with van der Waals surface area (Å²) in [7, 11) is 0. The summed E-state index contributed by atoms with van der Waals surface area (Å²) in [6.45, 7) is 5.17. The second kappa shape index (κ2) is 9.76. The number of ether oxygens (including phenoxy) is 1. The van der Waals surface area contributed by atoms with Crippen LogP contribution >= 0.6 is 35.4 Å². The van der Waals surface area contributed by atoms with Crippen molar-refractivity contribution in [2.75, 3.05) is 6.61 Å². The summed E-state index contributed by atoms with van der Waals surface area (Å²) in [5, 5.41) is 6.92. The van der Waals surface area contributed by atoms with E-state index in [-0.39, 0.29) is 11.0 Å². The Hall–Kier alpha value is -1.82. The van der Waals surface area contributed by atoms with E-state index in [0.717, 1.165) is 11.3 Å². The summed E-state index contributed by atoms with van der Waals surface area (Å²) >= 11 is 17.1. The van der Waals surface area contributed by atoms with Gasteiger partial charge in [0.05, 0.1) is 6.61 Å². The van der Waals surface area contributed by atoms with Crippen molar-refractivity contribution in [3.8, 4) is 5.75 Å². The van der Waals surface area contributed by atoms with Crippen molar-refractivity contribution in [2.24, 2.45) is 5.92 Å². The first-order chi connectivity index (χ1) is 12.3. The Kier molecular flexibility index (Phi) is 7.69. The maximum absolute atomic E-state index is 12.2. The third-order valence-electron chi connectivity index (χ3n) is 3.38. The molecule has 0 saturated heterocycles. The van der Waals surface area contributed by atoms with Crippen molar-refractivity contribution in [1.29, 1.82) is 0 Å². The molecule has 0 heterocycles. The lowest BCUT2D eigenvalue weighted by atomic mass is 10.2. The Morgan fingerprint density at radius 2 is 1.85 bits per heavy atom. The summed E-state index contributed by atoms with van der Waals surface area (Å²) in [5.41, 5.74) is 1.33. The van der Waals surface area contributed by atoms with Gasteiger partial charge in [-0.3, -0.25) is 10.1 Å². The van der Waals surface area contributed by atoms with Gasteiger partial charge in [-0.2, -0.15) is 0 Å². The zero-order chi connectivity index (χ0) is 19.1. The van der Waals surface area contributed by atoms with Crippen LogP contribution in [0.2, 0.25) is 10.0 Å². The molecule has 0 unspecified atom stereocenters. The molecule has 4 nitrogen and oxygen atoms in total. The van der Waals surface area contributed by atoms with Gasteiger partial charge in [0.25, 0.3) is 5.91 Å². The summed E-state index contributed by atoms with van der Waals surface area (Å²) in [5.74, 6) is 0.879. The number of hydrogen-bond acceptors (Lipinski definition) is 3. The number of halogens is 2. The zero-order valence-electron chi connectivity index (χ0n) is 14.5. The molecule has 2 aromatic rings. The standard InChI is InChI=1S/C19H20Cl2N2O2S/c1-12(2)11-25-16-7-4-13(5-8-16)18(24)23-19(26)22-10-14-3-6-15(20)9-17(14)21/h3-9,12H,10-11H2,1-2H3,(H2,22,23,24,26). The maximum Gasteiger partial charge on any atom is 0.257 e. The number of benzene rings is 2. The van der Waals surface area contributed by atoms with E-state index in [4.69, 9.17) is 40.2 Å². The highest BCUT2D eigenvalue weighted by atomic mass is 35.5. The van der Waals surface area contributed by atoms with E-state index in [2.05, 4.69) is 24.5 Å². The summed E-state index contributed by atoms with van der Waals surface area (Å²) in [4.78, 5) is 12.2. The van der Waals surface area contributed by atoms with E-state index in [1.54, 1.807) is 42.5 Å². The van der Waals surface area contributed by atoms with E-state index in [0.29, 0.717) is 34.7 Å². The van der Waals surface area contributed by atoms with Crippen LogP contribution in [0.1, 0.15) is 29.8 Å².